The molecule has 0 amide bonds. The number of esters is 2. The van der Waals surface area contributed by atoms with Crippen molar-refractivity contribution in [3.8, 4) is 0 Å². The van der Waals surface area contributed by atoms with Crippen molar-refractivity contribution in [3.05, 3.63) is 8.86 Å². The van der Waals surface area contributed by atoms with Gasteiger partial charge in [-0.15, -0.1) is 11.8 Å². The van der Waals surface area contributed by atoms with Crippen molar-refractivity contribution in [1.82, 2.24) is 4.58 Å². The van der Waals surface area contributed by atoms with Crippen molar-refractivity contribution in [2.24, 2.45) is 5.92 Å². The van der Waals surface area contributed by atoms with Crippen LogP contribution in [0.2, 0.25) is 0 Å². The topological polar surface area (TPSA) is 55.6 Å². The summed E-state index contributed by atoms with van der Waals surface area (Å²) >= 11 is 5.63. The molecule has 0 unspecified atom stereocenters. The van der Waals surface area contributed by atoms with E-state index in [-0.39, 0.29) is 13.2 Å². The van der Waals surface area contributed by atoms with Crippen molar-refractivity contribution < 1.29 is 19.1 Å². The van der Waals surface area contributed by atoms with E-state index in [9.17, 15) is 9.59 Å². The number of aryl methyl sites for hydroxylation is 1. The zero-order valence-electron chi connectivity index (χ0n) is 17.0. The molecule has 0 aliphatic heterocycles. The summed E-state index contributed by atoms with van der Waals surface area (Å²) in [6.07, 6.45) is 4.57. The fourth-order valence-electron chi connectivity index (χ4n) is 2.44. The molecular formula is C19H32NO4S3+. The van der Waals surface area contributed by atoms with Crippen LogP contribution in [0.5, 0.6) is 0 Å². The van der Waals surface area contributed by atoms with Crippen LogP contribution < -0.4 is 8.56 Å². The van der Waals surface area contributed by atoms with E-state index < -0.39 is 17.9 Å². The molecule has 0 radical (unpaired) electrons. The second-order valence-corrected chi connectivity index (χ2v) is 10.1. The van der Waals surface area contributed by atoms with E-state index in [0.717, 1.165) is 31.4 Å². The van der Waals surface area contributed by atoms with Crippen LogP contribution in [0.3, 0.4) is 0 Å². The Morgan fingerprint density at radius 1 is 1.00 bits per heavy atom. The Bertz CT molecular complexity index is 644. The van der Waals surface area contributed by atoms with Gasteiger partial charge < -0.3 is 9.47 Å². The predicted octanol–water partition coefficient (Wildman–Crippen LogP) is 3.93. The Kier molecular flexibility index (Phi) is 11.9. The number of carbonyl (C=O) groups excluding carboxylic acids is 2. The average Bonchev–Trinajstić information content (AvgIpc) is 2.99. The quantitative estimate of drug-likeness (QED) is 0.164. The molecule has 8 heteroatoms. The number of unbranched alkanes of at least 4 members (excludes halogenated alkanes) is 3. The summed E-state index contributed by atoms with van der Waals surface area (Å²) in [5, 5.41) is 0. The minimum Gasteiger partial charge on any atom is -0.465 e. The van der Waals surface area contributed by atoms with Crippen LogP contribution in [-0.2, 0) is 19.1 Å². The van der Waals surface area contributed by atoms with Gasteiger partial charge in [0.05, 0.1) is 17.4 Å². The molecule has 0 fully saturated rings. The first-order valence-corrected chi connectivity index (χ1v) is 12.1. The van der Waals surface area contributed by atoms with E-state index in [0.29, 0.717) is 6.42 Å². The molecule has 0 saturated heterocycles. The Morgan fingerprint density at radius 3 is 2.11 bits per heavy atom. The first-order valence-electron chi connectivity index (χ1n) is 9.47. The van der Waals surface area contributed by atoms with Crippen LogP contribution in [0, 0.1) is 12.8 Å². The molecule has 1 heterocycles. The fraction of sp³-hybridized carbons (Fsp3) is 0.737. The molecular weight excluding hydrogens is 402 g/mol. The van der Waals surface area contributed by atoms with E-state index in [1.54, 1.807) is 13.8 Å². The van der Waals surface area contributed by atoms with Gasteiger partial charge in [0.2, 0.25) is 0 Å². The second kappa shape index (κ2) is 13.3. The third-order valence-corrected chi connectivity index (χ3v) is 8.34. The van der Waals surface area contributed by atoms with Crippen LogP contribution in [0.1, 0.15) is 50.8 Å². The SMILES string of the molecule is CCOC(=O)C(CCCCCCSc1sc(=[N+](C)C)sc1C)C(=O)OCC. The molecule has 0 atom stereocenters. The second-order valence-electron chi connectivity index (χ2n) is 6.32. The molecule has 0 aromatic carbocycles. The number of thioether (sulfide) groups is 1. The molecule has 1 rings (SSSR count). The van der Waals surface area contributed by atoms with Gasteiger partial charge in [0.15, 0.2) is 5.92 Å². The molecule has 5 nitrogen and oxygen atoms in total. The molecule has 154 valence electrons. The van der Waals surface area contributed by atoms with Crippen LogP contribution in [0.4, 0.5) is 0 Å². The molecule has 27 heavy (non-hydrogen) atoms. The summed E-state index contributed by atoms with van der Waals surface area (Å²) in [4.78, 5) is 25.3. The Hall–Kier alpha value is -0.860. The normalized spacial score (nSPS) is 10.9. The summed E-state index contributed by atoms with van der Waals surface area (Å²) in [6.45, 7) is 6.24. The molecule has 0 spiro atoms. The van der Waals surface area contributed by atoms with Crippen molar-refractivity contribution >= 4 is 46.4 Å². The average molecular weight is 435 g/mol. The maximum Gasteiger partial charge on any atom is 0.320 e. The molecule has 0 aliphatic carbocycles. The lowest BCUT2D eigenvalue weighted by Gasteiger charge is -2.14. The number of hydrogen-bond donors (Lipinski definition) is 0. The number of ether oxygens (including phenoxy) is 2. The van der Waals surface area contributed by atoms with Gasteiger partial charge in [0.25, 0.3) is 0 Å². The Morgan fingerprint density at radius 2 is 1.59 bits per heavy atom. The van der Waals surface area contributed by atoms with Crippen LogP contribution in [0.25, 0.3) is 0 Å². The number of carbonyl (C=O) groups is 2. The van der Waals surface area contributed by atoms with Gasteiger partial charge in [0.1, 0.15) is 14.1 Å². The number of hydrogen-bond acceptors (Lipinski definition) is 7. The van der Waals surface area contributed by atoms with Gasteiger partial charge in [0, 0.05) is 4.88 Å². The highest BCUT2D eigenvalue weighted by molar-refractivity contribution is 8.01. The summed E-state index contributed by atoms with van der Waals surface area (Å²) in [5.41, 5.74) is 0. The first kappa shape index (κ1) is 24.2. The maximum atomic E-state index is 11.9. The zero-order valence-corrected chi connectivity index (χ0v) is 19.5. The Labute approximate surface area is 174 Å². The summed E-state index contributed by atoms with van der Waals surface area (Å²) in [7, 11) is 4.16. The van der Waals surface area contributed by atoms with Crippen molar-refractivity contribution in [2.75, 3.05) is 33.1 Å². The molecule has 0 bridgehead atoms. The summed E-state index contributed by atoms with van der Waals surface area (Å²) in [6, 6.07) is 0. The highest BCUT2D eigenvalue weighted by Crippen LogP contribution is 2.29. The highest BCUT2D eigenvalue weighted by Gasteiger charge is 2.28. The minimum absolute atomic E-state index is 0.282. The first-order chi connectivity index (χ1) is 12.9. The monoisotopic (exact) mass is 434 g/mol. The fourth-order valence-corrected chi connectivity index (χ4v) is 6.42. The van der Waals surface area contributed by atoms with E-state index >= 15 is 0 Å². The molecule has 1 aromatic heterocycles. The predicted molar refractivity (Wildman–Crippen MR) is 115 cm³/mol. The zero-order chi connectivity index (χ0) is 20.2. The van der Waals surface area contributed by atoms with E-state index in [1.807, 2.05) is 34.4 Å². The number of nitrogens with zero attached hydrogens (tertiary/aromatic N) is 1. The lowest BCUT2D eigenvalue weighted by Crippen LogP contribution is -2.28. The Balaban J connectivity index is 2.31. The van der Waals surface area contributed by atoms with Gasteiger partial charge in [-0.05, 0) is 39.4 Å². The van der Waals surface area contributed by atoms with Crippen LogP contribution >= 0.6 is 34.4 Å². The van der Waals surface area contributed by atoms with Crippen molar-refractivity contribution in [3.63, 3.8) is 0 Å². The van der Waals surface area contributed by atoms with Gasteiger partial charge in [-0.1, -0.05) is 41.9 Å². The van der Waals surface area contributed by atoms with Gasteiger partial charge in [-0.3, -0.25) is 9.59 Å². The maximum absolute atomic E-state index is 11.9. The van der Waals surface area contributed by atoms with Gasteiger partial charge >= 0.3 is 15.9 Å². The third-order valence-electron chi connectivity index (χ3n) is 3.84. The van der Waals surface area contributed by atoms with E-state index in [2.05, 4.69) is 25.6 Å². The standard InChI is InChI=1S/C19H32NO4S3/c1-6-23-16(21)15(17(22)24-7-2)12-10-8-9-11-13-25-18-14(3)26-19(27-18)20(4)5/h15H,6-13H2,1-5H3/q+1. The molecule has 0 saturated carbocycles. The summed E-state index contributed by atoms with van der Waals surface area (Å²) < 4.78 is 14.9. The number of rotatable bonds is 12. The molecule has 0 N–H and O–H groups in total. The van der Waals surface area contributed by atoms with Gasteiger partial charge in [-0.2, -0.15) is 0 Å². The van der Waals surface area contributed by atoms with Crippen LogP contribution in [0.15, 0.2) is 4.21 Å². The van der Waals surface area contributed by atoms with Crippen molar-refractivity contribution in [2.45, 2.75) is 57.1 Å². The largest absolute Gasteiger partial charge is 0.465 e. The highest BCUT2D eigenvalue weighted by atomic mass is 32.2. The van der Waals surface area contributed by atoms with E-state index in [4.69, 9.17) is 9.47 Å². The van der Waals surface area contributed by atoms with E-state index in [1.165, 1.54) is 13.1 Å². The van der Waals surface area contributed by atoms with Crippen molar-refractivity contribution in [1.29, 1.82) is 0 Å². The molecule has 0 aliphatic rings. The lowest BCUT2D eigenvalue weighted by molar-refractivity contribution is -0.161. The summed E-state index contributed by atoms with van der Waals surface area (Å²) in [5.74, 6) is -0.602. The lowest BCUT2D eigenvalue weighted by atomic mass is 10.0. The minimum atomic E-state index is -0.779. The molecule has 1 aromatic rings. The van der Waals surface area contributed by atoms with Gasteiger partial charge in [-0.25, -0.2) is 4.58 Å². The van der Waals surface area contributed by atoms with Crippen LogP contribution in [-0.4, -0.2) is 45.0 Å². The smallest absolute Gasteiger partial charge is 0.320 e. The third kappa shape index (κ3) is 8.79.